The van der Waals surface area contributed by atoms with E-state index in [1.165, 1.54) is 0 Å². The lowest BCUT2D eigenvalue weighted by atomic mass is 10.1. The summed E-state index contributed by atoms with van der Waals surface area (Å²) in [6.45, 7) is 1.01. The fourth-order valence-electron chi connectivity index (χ4n) is 1.93. The number of hydrogen-bond donors (Lipinski definition) is 0. The quantitative estimate of drug-likeness (QED) is 0.595. The van der Waals surface area contributed by atoms with Gasteiger partial charge in [-0.25, -0.2) is 4.79 Å². The summed E-state index contributed by atoms with van der Waals surface area (Å²) in [6.07, 6.45) is 3.38. The molecular formula is C14H18O4. The van der Waals surface area contributed by atoms with Gasteiger partial charge in [-0.05, 0) is 24.8 Å². The average molecular weight is 250 g/mol. The van der Waals surface area contributed by atoms with Crippen LogP contribution in [0, 0.1) is 0 Å². The summed E-state index contributed by atoms with van der Waals surface area (Å²) in [5.74, 6) is -0.363. The summed E-state index contributed by atoms with van der Waals surface area (Å²) in [4.78, 5) is 21.1. The second-order valence-electron chi connectivity index (χ2n) is 4.40. The van der Waals surface area contributed by atoms with Crippen LogP contribution in [-0.2, 0) is 25.9 Å². The third-order valence-corrected chi connectivity index (χ3v) is 2.89. The zero-order valence-electron chi connectivity index (χ0n) is 10.3. The van der Waals surface area contributed by atoms with Gasteiger partial charge in [0.25, 0.3) is 0 Å². The summed E-state index contributed by atoms with van der Waals surface area (Å²) >= 11 is 0. The van der Waals surface area contributed by atoms with Crippen molar-refractivity contribution in [2.45, 2.75) is 38.4 Å². The van der Waals surface area contributed by atoms with Crippen LogP contribution in [0.1, 0.15) is 31.2 Å². The molecule has 1 aliphatic rings. The maximum absolute atomic E-state index is 11.5. The van der Waals surface area contributed by atoms with Gasteiger partial charge in [0.1, 0.15) is 6.61 Å². The highest BCUT2D eigenvalue weighted by Gasteiger charge is 2.19. The highest BCUT2D eigenvalue weighted by molar-refractivity contribution is 5.69. The maximum Gasteiger partial charge on any atom is 0.344 e. The first-order valence-corrected chi connectivity index (χ1v) is 6.32. The van der Waals surface area contributed by atoms with Crippen molar-refractivity contribution < 1.29 is 19.3 Å². The van der Waals surface area contributed by atoms with Crippen LogP contribution < -0.4 is 0 Å². The molecule has 4 heteroatoms. The Hall–Kier alpha value is -1.39. The van der Waals surface area contributed by atoms with Crippen molar-refractivity contribution in [1.82, 2.24) is 0 Å². The predicted molar refractivity (Wildman–Crippen MR) is 65.5 cm³/mol. The van der Waals surface area contributed by atoms with Gasteiger partial charge in [0, 0.05) is 6.61 Å². The van der Waals surface area contributed by atoms with E-state index in [0.717, 1.165) is 31.4 Å². The van der Waals surface area contributed by atoms with E-state index in [4.69, 9.17) is 14.5 Å². The molecule has 0 radical (unpaired) electrons. The van der Waals surface area contributed by atoms with Crippen LogP contribution in [0.4, 0.5) is 0 Å². The molecule has 1 atom stereocenters. The molecule has 0 aliphatic carbocycles. The number of rotatable bonds is 5. The lowest BCUT2D eigenvalue weighted by Crippen LogP contribution is -2.23. The van der Waals surface area contributed by atoms with Crippen molar-refractivity contribution in [2.75, 3.05) is 6.61 Å². The summed E-state index contributed by atoms with van der Waals surface area (Å²) in [6, 6.07) is 9.58. The fourth-order valence-corrected chi connectivity index (χ4v) is 1.93. The Bertz CT molecular complexity index is 357. The number of ether oxygens (including phenoxy) is 1. The molecule has 4 nitrogen and oxygen atoms in total. The van der Waals surface area contributed by atoms with Crippen molar-refractivity contribution in [3.63, 3.8) is 0 Å². The van der Waals surface area contributed by atoms with Gasteiger partial charge >= 0.3 is 5.97 Å². The largest absolute Gasteiger partial charge is 0.378 e. The summed E-state index contributed by atoms with van der Waals surface area (Å²) in [7, 11) is 0. The third-order valence-electron chi connectivity index (χ3n) is 2.89. The molecule has 0 N–H and O–H groups in total. The van der Waals surface area contributed by atoms with E-state index < -0.39 is 0 Å². The highest BCUT2D eigenvalue weighted by atomic mass is 17.2. The molecule has 1 unspecified atom stereocenters. The van der Waals surface area contributed by atoms with Crippen molar-refractivity contribution in [2.24, 2.45) is 0 Å². The Morgan fingerprint density at radius 1 is 1.28 bits per heavy atom. The first-order chi connectivity index (χ1) is 8.84. The summed E-state index contributed by atoms with van der Waals surface area (Å²) in [5, 5.41) is 0. The number of hydrogen-bond acceptors (Lipinski definition) is 4. The minimum absolute atomic E-state index is 0.00780. The lowest BCUT2D eigenvalue weighted by Gasteiger charge is -2.21. The maximum atomic E-state index is 11.5. The van der Waals surface area contributed by atoms with Gasteiger partial charge in [-0.15, -0.1) is 0 Å². The predicted octanol–water partition coefficient (Wildman–Crippen LogP) is 2.62. The third kappa shape index (κ3) is 4.47. The number of carbonyl (C=O) groups is 1. The van der Waals surface area contributed by atoms with Crippen LogP contribution in [0.5, 0.6) is 0 Å². The normalized spacial score (nSPS) is 19.4. The van der Waals surface area contributed by atoms with Gasteiger partial charge in [-0.3, -0.25) is 4.89 Å². The molecular weight excluding hydrogens is 232 g/mol. The molecule has 2 rings (SSSR count). The lowest BCUT2D eigenvalue weighted by molar-refractivity contribution is -0.281. The molecule has 0 amide bonds. The minimum Gasteiger partial charge on any atom is -0.378 e. The van der Waals surface area contributed by atoms with Crippen molar-refractivity contribution >= 4 is 5.97 Å². The zero-order valence-corrected chi connectivity index (χ0v) is 10.3. The van der Waals surface area contributed by atoms with Crippen LogP contribution >= 0.6 is 0 Å². The molecule has 0 saturated carbocycles. The molecule has 1 heterocycles. The first-order valence-electron chi connectivity index (χ1n) is 6.32. The molecule has 1 saturated heterocycles. The molecule has 98 valence electrons. The molecule has 0 aromatic heterocycles. The average Bonchev–Trinajstić information content (AvgIpc) is 2.41. The van der Waals surface area contributed by atoms with Crippen LogP contribution in [0.25, 0.3) is 0 Å². The van der Waals surface area contributed by atoms with E-state index in [2.05, 4.69) is 0 Å². The molecule has 1 aromatic carbocycles. The monoisotopic (exact) mass is 250 g/mol. The molecule has 0 spiro atoms. The van der Waals surface area contributed by atoms with E-state index in [-0.39, 0.29) is 25.1 Å². The Morgan fingerprint density at radius 2 is 2.11 bits per heavy atom. The molecule has 18 heavy (non-hydrogen) atoms. The van der Waals surface area contributed by atoms with Crippen molar-refractivity contribution in [3.8, 4) is 0 Å². The Morgan fingerprint density at radius 3 is 2.83 bits per heavy atom. The minimum atomic E-state index is -0.363. The fraction of sp³-hybridized carbons (Fsp3) is 0.500. The smallest absolute Gasteiger partial charge is 0.344 e. The Balaban J connectivity index is 1.62. The first kappa shape index (κ1) is 13.1. The van der Waals surface area contributed by atoms with Crippen LogP contribution in [0.3, 0.4) is 0 Å². The van der Waals surface area contributed by atoms with E-state index >= 15 is 0 Å². The van der Waals surface area contributed by atoms with Crippen molar-refractivity contribution in [3.05, 3.63) is 35.9 Å². The number of carbonyl (C=O) groups excluding carboxylic acids is 1. The number of benzene rings is 1. The van der Waals surface area contributed by atoms with Gasteiger partial charge < -0.3 is 4.74 Å². The standard InChI is InChI=1S/C14H18O4/c15-14(10-13-8-4-5-9-16-13)18-17-11-12-6-2-1-3-7-12/h1-3,6-7,13H,4-5,8-11H2. The Labute approximate surface area is 107 Å². The SMILES string of the molecule is O=C(CC1CCCCO1)OOCc1ccccc1. The zero-order chi connectivity index (χ0) is 12.6. The van der Waals surface area contributed by atoms with Gasteiger partial charge in [0.05, 0.1) is 12.5 Å². The van der Waals surface area contributed by atoms with Gasteiger partial charge in [-0.1, -0.05) is 30.3 Å². The molecule has 0 bridgehead atoms. The topological polar surface area (TPSA) is 44.8 Å². The molecule has 1 aliphatic heterocycles. The van der Waals surface area contributed by atoms with Crippen LogP contribution in [-0.4, -0.2) is 18.7 Å². The van der Waals surface area contributed by atoms with E-state index in [9.17, 15) is 4.79 Å². The Kier molecular flexibility index (Phi) is 5.17. The van der Waals surface area contributed by atoms with E-state index in [1.54, 1.807) is 0 Å². The van der Waals surface area contributed by atoms with Gasteiger partial charge in [0.2, 0.25) is 0 Å². The van der Waals surface area contributed by atoms with Crippen LogP contribution in [0.2, 0.25) is 0 Å². The summed E-state index contributed by atoms with van der Waals surface area (Å²) in [5.41, 5.74) is 0.971. The van der Waals surface area contributed by atoms with E-state index in [0.29, 0.717) is 0 Å². The van der Waals surface area contributed by atoms with Crippen molar-refractivity contribution in [1.29, 1.82) is 0 Å². The molecule has 1 fully saturated rings. The van der Waals surface area contributed by atoms with Gasteiger partial charge in [-0.2, -0.15) is 4.89 Å². The second-order valence-corrected chi connectivity index (χ2v) is 4.40. The summed E-state index contributed by atoms with van der Waals surface area (Å²) < 4.78 is 5.46. The van der Waals surface area contributed by atoms with Gasteiger partial charge in [0.15, 0.2) is 0 Å². The van der Waals surface area contributed by atoms with E-state index in [1.807, 2.05) is 30.3 Å². The second kappa shape index (κ2) is 7.13. The van der Waals surface area contributed by atoms with Crippen LogP contribution in [0.15, 0.2) is 30.3 Å². The molecule has 1 aromatic rings. The highest BCUT2D eigenvalue weighted by Crippen LogP contribution is 2.16.